The highest BCUT2D eigenvalue weighted by atomic mass is 16.5. The SMILES string of the molecule is CCCCCCN(CCOC(=O)c1ccc(C(=O)OCCN(CCCCCC)c2ccc(C=C(C#N)C#N)cc2)cc1)c1ccc(C=C(C#N)C#N)cc1. The van der Waals surface area contributed by atoms with Crippen LogP contribution in [0.2, 0.25) is 0 Å². The van der Waals surface area contributed by atoms with Crippen molar-refractivity contribution in [1.29, 1.82) is 21.0 Å². The second-order valence-electron chi connectivity index (χ2n) is 12.7. The third-order valence-corrected chi connectivity index (χ3v) is 8.73. The van der Waals surface area contributed by atoms with Crippen LogP contribution >= 0.6 is 0 Å². The number of hydrogen-bond acceptors (Lipinski definition) is 10. The monoisotopic (exact) mass is 724 g/mol. The molecular weight excluding hydrogens is 677 g/mol. The minimum Gasteiger partial charge on any atom is -0.460 e. The summed E-state index contributed by atoms with van der Waals surface area (Å²) in [6.07, 6.45) is 11.8. The Bertz CT molecular complexity index is 1700. The maximum Gasteiger partial charge on any atom is 0.338 e. The lowest BCUT2D eigenvalue weighted by Gasteiger charge is -2.25. The zero-order valence-electron chi connectivity index (χ0n) is 31.3. The van der Waals surface area contributed by atoms with Crippen LogP contribution in [0.3, 0.4) is 0 Å². The van der Waals surface area contributed by atoms with Gasteiger partial charge in [0, 0.05) is 24.5 Å². The first-order valence-electron chi connectivity index (χ1n) is 18.5. The summed E-state index contributed by atoms with van der Waals surface area (Å²) in [4.78, 5) is 30.1. The molecular formula is C44H48N6O4. The lowest BCUT2D eigenvalue weighted by molar-refractivity contribution is 0.0500. The van der Waals surface area contributed by atoms with E-state index in [1.54, 1.807) is 36.4 Å². The first-order chi connectivity index (χ1) is 26.3. The van der Waals surface area contributed by atoms with Crippen LogP contribution < -0.4 is 9.80 Å². The Morgan fingerprint density at radius 3 is 1.19 bits per heavy atom. The lowest BCUT2D eigenvalue weighted by Crippen LogP contribution is -2.29. The van der Waals surface area contributed by atoms with Crippen LogP contribution in [0.4, 0.5) is 11.4 Å². The quantitative estimate of drug-likeness (QED) is 0.0557. The molecule has 3 aromatic carbocycles. The minimum absolute atomic E-state index is 0.0373. The minimum atomic E-state index is -0.487. The summed E-state index contributed by atoms with van der Waals surface area (Å²) in [7, 11) is 0. The van der Waals surface area contributed by atoms with Gasteiger partial charge in [0.25, 0.3) is 0 Å². The average Bonchev–Trinajstić information content (AvgIpc) is 3.21. The Balaban J connectivity index is 1.55. The molecule has 0 amide bonds. The number of anilines is 2. The fraction of sp³-hybridized carbons (Fsp3) is 0.364. The Labute approximate surface area is 319 Å². The van der Waals surface area contributed by atoms with Gasteiger partial charge in [-0.3, -0.25) is 0 Å². The number of ether oxygens (including phenoxy) is 2. The van der Waals surface area contributed by atoms with E-state index < -0.39 is 11.9 Å². The highest BCUT2D eigenvalue weighted by Gasteiger charge is 2.14. The molecule has 0 saturated carbocycles. The molecule has 0 saturated heterocycles. The molecule has 0 atom stereocenters. The number of hydrogen-bond donors (Lipinski definition) is 0. The molecule has 0 spiro atoms. The van der Waals surface area contributed by atoms with E-state index in [2.05, 4.69) is 23.6 Å². The fourth-order valence-corrected chi connectivity index (χ4v) is 5.68. The van der Waals surface area contributed by atoms with Gasteiger partial charge in [-0.1, -0.05) is 76.6 Å². The van der Waals surface area contributed by atoms with Gasteiger partial charge in [0.1, 0.15) is 48.6 Å². The smallest absolute Gasteiger partial charge is 0.338 e. The molecule has 0 fully saturated rings. The molecule has 0 aliphatic carbocycles. The molecule has 3 aromatic rings. The third kappa shape index (κ3) is 14.3. The van der Waals surface area contributed by atoms with Crippen molar-refractivity contribution < 1.29 is 19.1 Å². The van der Waals surface area contributed by atoms with Crippen molar-refractivity contribution in [3.63, 3.8) is 0 Å². The van der Waals surface area contributed by atoms with Gasteiger partial charge in [-0.15, -0.1) is 0 Å². The molecule has 0 heterocycles. The summed E-state index contributed by atoms with van der Waals surface area (Å²) >= 11 is 0. The van der Waals surface area contributed by atoms with E-state index >= 15 is 0 Å². The molecule has 0 N–H and O–H groups in total. The number of nitrogens with zero attached hydrogens (tertiary/aromatic N) is 6. The van der Waals surface area contributed by atoms with Crippen molar-refractivity contribution in [2.45, 2.75) is 65.2 Å². The van der Waals surface area contributed by atoms with E-state index in [9.17, 15) is 9.59 Å². The number of rotatable bonds is 22. The molecule has 0 bridgehead atoms. The predicted molar refractivity (Wildman–Crippen MR) is 211 cm³/mol. The molecule has 3 rings (SSSR count). The maximum absolute atomic E-state index is 12.9. The predicted octanol–water partition coefficient (Wildman–Crippen LogP) is 9.04. The second-order valence-corrected chi connectivity index (χ2v) is 12.7. The number of benzene rings is 3. The molecule has 278 valence electrons. The average molecular weight is 725 g/mol. The van der Waals surface area contributed by atoms with Gasteiger partial charge in [0.15, 0.2) is 0 Å². The fourth-order valence-electron chi connectivity index (χ4n) is 5.68. The number of allylic oxidation sites excluding steroid dienone is 2. The normalized spacial score (nSPS) is 10.0. The first-order valence-corrected chi connectivity index (χ1v) is 18.5. The van der Waals surface area contributed by atoms with Crippen molar-refractivity contribution in [1.82, 2.24) is 0 Å². The summed E-state index contributed by atoms with van der Waals surface area (Å²) in [5, 5.41) is 36.2. The lowest BCUT2D eigenvalue weighted by atomic mass is 10.1. The Morgan fingerprint density at radius 1 is 0.519 bits per heavy atom. The molecule has 0 aromatic heterocycles. The van der Waals surface area contributed by atoms with Crippen LogP contribution in [0.1, 0.15) is 97.1 Å². The van der Waals surface area contributed by atoms with Gasteiger partial charge in [-0.25, -0.2) is 9.59 Å². The van der Waals surface area contributed by atoms with Gasteiger partial charge < -0.3 is 19.3 Å². The number of carbonyl (C=O) groups is 2. The van der Waals surface area contributed by atoms with E-state index in [0.717, 1.165) is 87.0 Å². The van der Waals surface area contributed by atoms with E-state index in [-0.39, 0.29) is 24.4 Å². The van der Waals surface area contributed by atoms with Crippen LogP contribution in [-0.2, 0) is 9.47 Å². The van der Waals surface area contributed by atoms with Crippen molar-refractivity contribution in [2.75, 3.05) is 49.2 Å². The van der Waals surface area contributed by atoms with E-state index in [1.807, 2.05) is 72.8 Å². The molecule has 0 aliphatic heterocycles. The Morgan fingerprint density at radius 2 is 0.870 bits per heavy atom. The molecule has 54 heavy (non-hydrogen) atoms. The van der Waals surface area contributed by atoms with Gasteiger partial charge in [-0.05, 0) is 84.7 Å². The van der Waals surface area contributed by atoms with Gasteiger partial charge in [-0.2, -0.15) is 21.0 Å². The highest BCUT2D eigenvalue weighted by molar-refractivity contribution is 5.93. The van der Waals surface area contributed by atoms with Crippen LogP contribution in [0.25, 0.3) is 12.2 Å². The van der Waals surface area contributed by atoms with Gasteiger partial charge in [0.2, 0.25) is 0 Å². The summed E-state index contributed by atoms with van der Waals surface area (Å²) in [6, 6.07) is 28.9. The maximum atomic E-state index is 12.9. The van der Waals surface area contributed by atoms with Crippen LogP contribution in [0.15, 0.2) is 83.9 Å². The molecule has 0 radical (unpaired) electrons. The largest absolute Gasteiger partial charge is 0.460 e. The zero-order chi connectivity index (χ0) is 39.0. The number of nitriles is 4. The van der Waals surface area contributed by atoms with Gasteiger partial charge in [0.05, 0.1) is 24.2 Å². The highest BCUT2D eigenvalue weighted by Crippen LogP contribution is 2.20. The van der Waals surface area contributed by atoms with Crippen LogP contribution in [0.5, 0.6) is 0 Å². The number of esters is 2. The zero-order valence-corrected chi connectivity index (χ0v) is 31.3. The topological polar surface area (TPSA) is 154 Å². The number of unbranched alkanes of at least 4 members (excludes halogenated alkanes) is 6. The molecule has 0 unspecified atom stereocenters. The standard InChI is InChI=1S/C44H48N6O4/c1-3-5-7-9-23-49(41-19-11-35(12-20-41)29-37(31-45)32-46)25-27-53-43(51)39-15-17-40(18-16-39)44(52)54-28-26-50(24-10-8-6-4-2)42-21-13-36(14-22-42)30-38(33-47)34-48/h11-22,29-30H,3-10,23-28H2,1-2H3. The number of carbonyl (C=O) groups excluding carboxylic acids is 2. The molecule has 10 nitrogen and oxygen atoms in total. The van der Waals surface area contributed by atoms with Crippen molar-refractivity contribution in [3.05, 3.63) is 106 Å². The molecule has 0 aliphatic rings. The van der Waals surface area contributed by atoms with Crippen molar-refractivity contribution in [3.8, 4) is 24.3 Å². The van der Waals surface area contributed by atoms with Crippen LogP contribution in [-0.4, -0.2) is 51.3 Å². The van der Waals surface area contributed by atoms with Crippen molar-refractivity contribution in [2.24, 2.45) is 0 Å². The third-order valence-electron chi connectivity index (χ3n) is 8.73. The summed E-state index contributed by atoms with van der Waals surface area (Å²) < 4.78 is 11.2. The Hall–Kier alpha value is -6.36. The van der Waals surface area contributed by atoms with Crippen molar-refractivity contribution >= 4 is 35.5 Å². The summed E-state index contributed by atoms with van der Waals surface area (Å²) in [5.41, 5.74) is 4.15. The van der Waals surface area contributed by atoms with Gasteiger partial charge >= 0.3 is 11.9 Å². The van der Waals surface area contributed by atoms with E-state index in [1.165, 1.54) is 0 Å². The summed E-state index contributed by atoms with van der Waals surface area (Å²) in [6.45, 7) is 7.21. The van der Waals surface area contributed by atoms with E-state index in [4.69, 9.17) is 30.5 Å². The first kappa shape index (κ1) is 42.1. The molecule has 10 heteroatoms. The summed E-state index contributed by atoms with van der Waals surface area (Å²) in [5.74, 6) is -0.975. The van der Waals surface area contributed by atoms with E-state index in [0.29, 0.717) is 24.2 Å². The van der Waals surface area contributed by atoms with Crippen LogP contribution in [0, 0.1) is 45.3 Å². The Kier molecular flexibility index (Phi) is 18.7. The second kappa shape index (κ2) is 24.0.